The van der Waals surface area contributed by atoms with Gasteiger partial charge in [0.2, 0.25) is 5.76 Å². The number of nitrogens with one attached hydrogen (secondary N) is 1. The Morgan fingerprint density at radius 2 is 1.96 bits per heavy atom. The van der Waals surface area contributed by atoms with Crippen molar-refractivity contribution < 1.29 is 19.5 Å². The second-order valence-corrected chi connectivity index (χ2v) is 4.68. The van der Waals surface area contributed by atoms with Crippen LogP contribution in [0.3, 0.4) is 0 Å². The van der Waals surface area contributed by atoms with E-state index in [9.17, 15) is 9.90 Å². The van der Waals surface area contributed by atoms with Gasteiger partial charge in [0.25, 0.3) is 0 Å². The van der Waals surface area contributed by atoms with Crippen LogP contribution in [0, 0.1) is 0 Å². The Hall–Kier alpha value is -2.74. The highest BCUT2D eigenvalue weighted by molar-refractivity contribution is 5.95. The summed E-state index contributed by atoms with van der Waals surface area (Å²) in [6.45, 7) is 1.04. The Morgan fingerprint density at radius 3 is 2.65 bits per heavy atom. The summed E-state index contributed by atoms with van der Waals surface area (Å²) in [6, 6.07) is 11.2. The van der Waals surface area contributed by atoms with Crippen LogP contribution < -0.4 is 11.2 Å². The quantitative estimate of drug-likeness (QED) is 0.532. The van der Waals surface area contributed by atoms with E-state index >= 15 is 0 Å². The molecule has 0 aliphatic heterocycles. The molecule has 0 unspecified atom stereocenters. The molecule has 1 aromatic carbocycles. The van der Waals surface area contributed by atoms with Crippen molar-refractivity contribution >= 4 is 16.9 Å². The average Bonchev–Trinajstić information content (AvgIpc) is 2.97. The number of nitrogens with zero attached hydrogens (tertiary/aromatic N) is 1. The summed E-state index contributed by atoms with van der Waals surface area (Å²) in [6.07, 6.45) is 3.49. The Kier molecular flexibility index (Phi) is 5.81. The third kappa shape index (κ3) is 3.92. The molecular formula is C16H17N3O4. The largest absolute Gasteiger partial charge is 0.475 e. The number of hydrogen-bond donors (Lipinski definition) is 4. The molecule has 0 saturated heterocycles. The van der Waals surface area contributed by atoms with Crippen molar-refractivity contribution in [3.63, 3.8) is 0 Å². The standard InChI is InChI=1S/C16H14N2O3.H3NO/c19-16(20)15-13(12-5-1-2-6-14(12)21-15)10-18-9-11-4-3-7-17-8-11;1-2/h1-8,18H,9-10H2,(H,19,20);2H,1H2. The Labute approximate surface area is 132 Å². The Balaban J connectivity index is 0.000000924. The van der Waals surface area contributed by atoms with Crippen molar-refractivity contribution in [1.29, 1.82) is 0 Å². The van der Waals surface area contributed by atoms with Crippen LogP contribution in [0.1, 0.15) is 21.7 Å². The van der Waals surface area contributed by atoms with E-state index < -0.39 is 5.97 Å². The number of carboxylic acid groups (broad SMARTS) is 1. The first kappa shape index (κ1) is 16.6. The minimum atomic E-state index is -1.05. The third-order valence-corrected chi connectivity index (χ3v) is 3.25. The van der Waals surface area contributed by atoms with Crippen LogP contribution in [0.15, 0.2) is 53.2 Å². The van der Waals surface area contributed by atoms with Gasteiger partial charge in [-0.1, -0.05) is 24.3 Å². The maximum Gasteiger partial charge on any atom is 0.372 e. The summed E-state index contributed by atoms with van der Waals surface area (Å²) in [5, 5.41) is 19.8. The van der Waals surface area contributed by atoms with Crippen LogP contribution >= 0.6 is 0 Å². The highest BCUT2D eigenvalue weighted by atomic mass is 16.4. The predicted molar refractivity (Wildman–Crippen MR) is 83.9 cm³/mol. The van der Waals surface area contributed by atoms with E-state index in [2.05, 4.69) is 16.2 Å². The summed E-state index contributed by atoms with van der Waals surface area (Å²) in [5.74, 6) is 2.44. The lowest BCUT2D eigenvalue weighted by Crippen LogP contribution is -2.14. The Morgan fingerprint density at radius 1 is 1.17 bits per heavy atom. The number of carboxylic acids is 1. The molecule has 0 bridgehead atoms. The second-order valence-electron chi connectivity index (χ2n) is 4.68. The summed E-state index contributed by atoms with van der Waals surface area (Å²) in [4.78, 5) is 15.3. The molecule has 0 aliphatic carbocycles. The molecule has 3 aromatic rings. The van der Waals surface area contributed by atoms with Crippen LogP contribution in [0.4, 0.5) is 0 Å². The molecule has 2 heterocycles. The molecule has 2 aromatic heterocycles. The summed E-state index contributed by atoms with van der Waals surface area (Å²) < 4.78 is 5.41. The van der Waals surface area contributed by atoms with E-state index in [1.165, 1.54) is 0 Å². The molecule has 7 heteroatoms. The lowest BCUT2D eigenvalue weighted by molar-refractivity contribution is 0.0663. The van der Waals surface area contributed by atoms with Crippen LogP contribution in [0.25, 0.3) is 11.0 Å². The molecule has 23 heavy (non-hydrogen) atoms. The topological polar surface area (TPSA) is 122 Å². The number of pyridine rings is 1. The molecule has 0 fully saturated rings. The van der Waals surface area contributed by atoms with E-state index in [0.717, 1.165) is 10.9 Å². The number of carbonyl (C=O) groups is 1. The van der Waals surface area contributed by atoms with Crippen molar-refractivity contribution in [3.8, 4) is 0 Å². The minimum absolute atomic E-state index is 0.00473. The Bertz CT molecular complexity index is 771. The zero-order valence-electron chi connectivity index (χ0n) is 12.3. The van der Waals surface area contributed by atoms with Gasteiger partial charge in [0, 0.05) is 36.4 Å². The van der Waals surface area contributed by atoms with Gasteiger partial charge >= 0.3 is 5.97 Å². The van der Waals surface area contributed by atoms with Gasteiger partial charge in [0.05, 0.1) is 0 Å². The van der Waals surface area contributed by atoms with Gasteiger partial charge in [0.1, 0.15) is 5.58 Å². The van der Waals surface area contributed by atoms with E-state index in [0.29, 0.717) is 24.2 Å². The molecule has 120 valence electrons. The fourth-order valence-electron chi connectivity index (χ4n) is 2.28. The SMILES string of the molecule is NO.O=C(O)c1oc2ccccc2c1CNCc1cccnc1. The lowest BCUT2D eigenvalue weighted by Gasteiger charge is -2.04. The van der Waals surface area contributed by atoms with Crippen molar-refractivity contribution in [2.24, 2.45) is 5.90 Å². The van der Waals surface area contributed by atoms with Crippen LogP contribution in [-0.2, 0) is 13.1 Å². The van der Waals surface area contributed by atoms with Gasteiger partial charge < -0.3 is 20.0 Å². The molecule has 7 nitrogen and oxygen atoms in total. The fourth-order valence-corrected chi connectivity index (χ4v) is 2.28. The second kappa shape index (κ2) is 8.04. The number of nitrogens with two attached hydrogens (primary N) is 1. The lowest BCUT2D eigenvalue weighted by atomic mass is 10.1. The molecule has 0 spiro atoms. The van der Waals surface area contributed by atoms with Crippen LogP contribution in [0.2, 0.25) is 0 Å². The number of aromatic nitrogens is 1. The normalized spacial score (nSPS) is 10.2. The van der Waals surface area contributed by atoms with Gasteiger partial charge in [-0.2, -0.15) is 0 Å². The zero-order valence-corrected chi connectivity index (χ0v) is 12.3. The van der Waals surface area contributed by atoms with Crippen LogP contribution in [0.5, 0.6) is 0 Å². The molecule has 5 N–H and O–H groups in total. The highest BCUT2D eigenvalue weighted by Gasteiger charge is 2.19. The number of benzene rings is 1. The summed E-state index contributed by atoms with van der Waals surface area (Å²) in [5.41, 5.74) is 2.30. The first-order chi connectivity index (χ1) is 11.3. The maximum atomic E-state index is 11.3. The number of rotatable bonds is 5. The number of aromatic carboxylic acids is 1. The molecule has 3 rings (SSSR count). The van der Waals surface area contributed by atoms with E-state index in [1.54, 1.807) is 18.5 Å². The number of fused-ring (bicyclic) bond motifs is 1. The number of furan rings is 1. The highest BCUT2D eigenvalue weighted by Crippen LogP contribution is 2.25. The van der Waals surface area contributed by atoms with E-state index in [4.69, 9.17) is 9.62 Å². The van der Waals surface area contributed by atoms with Gasteiger partial charge in [0.15, 0.2) is 0 Å². The van der Waals surface area contributed by atoms with Crippen molar-refractivity contribution in [2.45, 2.75) is 13.1 Å². The molecule has 0 saturated carbocycles. The van der Waals surface area contributed by atoms with Gasteiger partial charge in [-0.05, 0) is 17.7 Å². The van der Waals surface area contributed by atoms with Gasteiger partial charge in [-0.15, -0.1) is 0 Å². The molecule has 0 aliphatic rings. The minimum Gasteiger partial charge on any atom is -0.475 e. The summed E-state index contributed by atoms with van der Waals surface area (Å²) >= 11 is 0. The summed E-state index contributed by atoms with van der Waals surface area (Å²) in [7, 11) is 0. The van der Waals surface area contributed by atoms with E-state index in [1.807, 2.05) is 30.3 Å². The van der Waals surface area contributed by atoms with Gasteiger partial charge in [-0.25, -0.2) is 10.7 Å². The van der Waals surface area contributed by atoms with E-state index in [-0.39, 0.29) is 5.76 Å². The van der Waals surface area contributed by atoms with Crippen molar-refractivity contribution in [3.05, 3.63) is 65.7 Å². The smallest absolute Gasteiger partial charge is 0.372 e. The van der Waals surface area contributed by atoms with Crippen molar-refractivity contribution in [2.75, 3.05) is 0 Å². The first-order valence-electron chi connectivity index (χ1n) is 6.85. The first-order valence-corrected chi connectivity index (χ1v) is 6.85. The molecular weight excluding hydrogens is 298 g/mol. The number of hydrogen-bond acceptors (Lipinski definition) is 6. The number of para-hydroxylation sites is 1. The fraction of sp³-hybridized carbons (Fsp3) is 0.125. The van der Waals surface area contributed by atoms with Gasteiger partial charge in [-0.3, -0.25) is 4.98 Å². The molecule has 0 atom stereocenters. The predicted octanol–water partition coefficient (Wildman–Crippen LogP) is 2.15. The molecule has 0 radical (unpaired) electrons. The monoisotopic (exact) mass is 315 g/mol. The molecule has 0 amide bonds. The van der Waals surface area contributed by atoms with Crippen molar-refractivity contribution in [1.82, 2.24) is 10.3 Å². The maximum absolute atomic E-state index is 11.3. The zero-order chi connectivity index (χ0) is 16.7. The third-order valence-electron chi connectivity index (χ3n) is 3.25. The van der Waals surface area contributed by atoms with Crippen LogP contribution in [-0.4, -0.2) is 21.3 Å². The average molecular weight is 315 g/mol.